The highest BCUT2D eigenvalue weighted by Crippen LogP contribution is 2.21. The Kier molecular flexibility index (Phi) is 3.91. The van der Waals surface area contributed by atoms with E-state index in [1.807, 2.05) is 6.92 Å². The Labute approximate surface area is 95.2 Å². The van der Waals surface area contributed by atoms with Gasteiger partial charge in [-0.1, -0.05) is 13.8 Å². The van der Waals surface area contributed by atoms with Gasteiger partial charge in [-0.15, -0.1) is 0 Å². The quantitative estimate of drug-likeness (QED) is 0.747. The lowest BCUT2D eigenvalue weighted by Crippen LogP contribution is -2.55. The molecule has 0 aromatic carbocycles. The lowest BCUT2D eigenvalue weighted by Gasteiger charge is -2.27. The van der Waals surface area contributed by atoms with Gasteiger partial charge >= 0.3 is 5.97 Å². The Hall–Kier alpha value is -1.10. The minimum absolute atomic E-state index is 0.148. The van der Waals surface area contributed by atoms with Crippen LogP contribution in [-0.2, 0) is 14.3 Å². The molecule has 1 rings (SSSR count). The number of carbonyl (C=O) groups is 2. The first-order valence-electron chi connectivity index (χ1n) is 5.57. The molecule has 3 atom stereocenters. The van der Waals surface area contributed by atoms with Crippen molar-refractivity contribution >= 4 is 11.9 Å². The number of rotatable bonds is 4. The van der Waals surface area contributed by atoms with Gasteiger partial charge in [-0.05, 0) is 25.7 Å². The molecule has 1 aliphatic rings. The highest BCUT2D eigenvalue weighted by molar-refractivity contribution is 5.89. The summed E-state index contributed by atoms with van der Waals surface area (Å²) < 4.78 is 5.29. The van der Waals surface area contributed by atoms with E-state index in [9.17, 15) is 9.59 Å². The van der Waals surface area contributed by atoms with Gasteiger partial charge in [0, 0.05) is 6.61 Å². The number of amides is 1. The van der Waals surface area contributed by atoms with Crippen molar-refractivity contribution in [1.29, 1.82) is 0 Å². The minimum atomic E-state index is -1.21. The summed E-state index contributed by atoms with van der Waals surface area (Å²) in [5.74, 6) is -1.19. The van der Waals surface area contributed by atoms with Crippen molar-refractivity contribution in [2.45, 2.75) is 45.3 Å². The SMILES string of the molecule is CCC(C)(NC(=O)C1OCCC1C)C(=O)O. The molecule has 0 aromatic heterocycles. The molecule has 92 valence electrons. The maximum Gasteiger partial charge on any atom is 0.329 e. The van der Waals surface area contributed by atoms with Crippen LogP contribution in [0.25, 0.3) is 0 Å². The predicted molar refractivity (Wildman–Crippen MR) is 58.0 cm³/mol. The number of hydrogen-bond donors (Lipinski definition) is 2. The smallest absolute Gasteiger partial charge is 0.329 e. The predicted octanol–water partition coefficient (Wildman–Crippen LogP) is 0.781. The fraction of sp³-hybridized carbons (Fsp3) is 0.818. The molecule has 0 aliphatic carbocycles. The molecule has 2 N–H and O–H groups in total. The van der Waals surface area contributed by atoms with E-state index in [0.717, 1.165) is 6.42 Å². The van der Waals surface area contributed by atoms with Crippen LogP contribution in [0.4, 0.5) is 0 Å². The van der Waals surface area contributed by atoms with Gasteiger partial charge in [-0.2, -0.15) is 0 Å². The summed E-state index contributed by atoms with van der Waals surface area (Å²) in [5.41, 5.74) is -1.21. The van der Waals surface area contributed by atoms with Crippen LogP contribution < -0.4 is 5.32 Å². The lowest BCUT2D eigenvalue weighted by molar-refractivity contribution is -0.149. The standard InChI is InChI=1S/C11H19NO4/c1-4-11(3,10(14)15)12-9(13)8-7(2)5-6-16-8/h7-8H,4-6H2,1-3H3,(H,12,13)(H,14,15). The Morgan fingerprint density at radius 1 is 1.56 bits per heavy atom. The van der Waals surface area contributed by atoms with Crippen LogP contribution in [-0.4, -0.2) is 35.2 Å². The second-order valence-electron chi connectivity index (χ2n) is 4.54. The van der Waals surface area contributed by atoms with Crippen LogP contribution in [0.1, 0.15) is 33.6 Å². The third-order valence-electron chi connectivity index (χ3n) is 3.22. The van der Waals surface area contributed by atoms with Crippen LogP contribution in [0.15, 0.2) is 0 Å². The Balaban J connectivity index is 2.65. The first kappa shape index (κ1) is 13.0. The molecule has 1 heterocycles. The van der Waals surface area contributed by atoms with E-state index in [1.54, 1.807) is 6.92 Å². The minimum Gasteiger partial charge on any atom is -0.480 e. The number of nitrogens with one attached hydrogen (secondary N) is 1. The summed E-state index contributed by atoms with van der Waals surface area (Å²) in [5, 5.41) is 11.6. The normalized spacial score (nSPS) is 28.4. The van der Waals surface area contributed by atoms with Crippen molar-refractivity contribution in [1.82, 2.24) is 5.32 Å². The summed E-state index contributed by atoms with van der Waals surface area (Å²) in [7, 11) is 0. The number of carbonyl (C=O) groups excluding carboxylic acids is 1. The average Bonchev–Trinajstić information content (AvgIpc) is 2.64. The third kappa shape index (κ3) is 2.52. The molecular weight excluding hydrogens is 210 g/mol. The van der Waals surface area contributed by atoms with Gasteiger partial charge in [0.15, 0.2) is 0 Å². The van der Waals surface area contributed by atoms with E-state index in [4.69, 9.17) is 9.84 Å². The van der Waals surface area contributed by atoms with Crippen LogP contribution in [0.5, 0.6) is 0 Å². The summed E-state index contributed by atoms with van der Waals surface area (Å²) in [6.07, 6.45) is 0.675. The molecule has 5 heteroatoms. The maximum absolute atomic E-state index is 11.8. The fourth-order valence-electron chi connectivity index (χ4n) is 1.67. The molecule has 1 aliphatic heterocycles. The van der Waals surface area contributed by atoms with Crippen molar-refractivity contribution in [2.75, 3.05) is 6.61 Å². The zero-order chi connectivity index (χ0) is 12.3. The van der Waals surface area contributed by atoms with Gasteiger partial charge < -0.3 is 15.2 Å². The summed E-state index contributed by atoms with van der Waals surface area (Å²) in [6.45, 7) is 5.73. The van der Waals surface area contributed by atoms with E-state index in [0.29, 0.717) is 13.0 Å². The fourth-order valence-corrected chi connectivity index (χ4v) is 1.67. The first-order chi connectivity index (χ1) is 7.40. The molecular formula is C11H19NO4. The number of carboxylic acids is 1. The number of carboxylic acid groups (broad SMARTS) is 1. The van der Waals surface area contributed by atoms with Crippen LogP contribution in [0.2, 0.25) is 0 Å². The van der Waals surface area contributed by atoms with Gasteiger partial charge in [0.2, 0.25) is 5.91 Å². The third-order valence-corrected chi connectivity index (χ3v) is 3.22. The molecule has 1 saturated heterocycles. The van der Waals surface area contributed by atoms with E-state index in [-0.39, 0.29) is 11.8 Å². The summed E-state index contributed by atoms with van der Waals surface area (Å²) >= 11 is 0. The van der Waals surface area contributed by atoms with Crippen molar-refractivity contribution in [3.63, 3.8) is 0 Å². The molecule has 0 bridgehead atoms. The molecule has 0 saturated carbocycles. The molecule has 1 amide bonds. The monoisotopic (exact) mass is 229 g/mol. The molecule has 1 fully saturated rings. The first-order valence-corrected chi connectivity index (χ1v) is 5.57. The van der Waals surface area contributed by atoms with Gasteiger partial charge in [0.25, 0.3) is 0 Å². The molecule has 5 nitrogen and oxygen atoms in total. The van der Waals surface area contributed by atoms with Gasteiger partial charge in [-0.3, -0.25) is 4.79 Å². The van der Waals surface area contributed by atoms with Crippen LogP contribution in [0.3, 0.4) is 0 Å². The Morgan fingerprint density at radius 3 is 2.56 bits per heavy atom. The topological polar surface area (TPSA) is 75.6 Å². The zero-order valence-corrected chi connectivity index (χ0v) is 9.95. The Morgan fingerprint density at radius 2 is 2.19 bits per heavy atom. The summed E-state index contributed by atoms with van der Waals surface area (Å²) in [4.78, 5) is 22.9. The summed E-state index contributed by atoms with van der Waals surface area (Å²) in [6, 6.07) is 0. The van der Waals surface area contributed by atoms with Gasteiger partial charge in [0.05, 0.1) is 0 Å². The number of ether oxygens (including phenoxy) is 1. The highest BCUT2D eigenvalue weighted by Gasteiger charge is 2.38. The van der Waals surface area contributed by atoms with Crippen molar-refractivity contribution in [3.8, 4) is 0 Å². The zero-order valence-electron chi connectivity index (χ0n) is 9.95. The van der Waals surface area contributed by atoms with Crippen LogP contribution >= 0.6 is 0 Å². The Bertz CT molecular complexity index is 292. The van der Waals surface area contributed by atoms with Gasteiger partial charge in [-0.25, -0.2) is 4.79 Å². The van der Waals surface area contributed by atoms with Gasteiger partial charge in [0.1, 0.15) is 11.6 Å². The number of aliphatic carboxylic acids is 1. The van der Waals surface area contributed by atoms with E-state index in [2.05, 4.69) is 5.32 Å². The average molecular weight is 229 g/mol. The van der Waals surface area contributed by atoms with E-state index < -0.39 is 17.6 Å². The van der Waals surface area contributed by atoms with E-state index >= 15 is 0 Å². The largest absolute Gasteiger partial charge is 0.480 e. The van der Waals surface area contributed by atoms with Crippen molar-refractivity contribution in [2.24, 2.45) is 5.92 Å². The molecule has 3 unspecified atom stereocenters. The van der Waals surface area contributed by atoms with Crippen molar-refractivity contribution < 1.29 is 19.4 Å². The van der Waals surface area contributed by atoms with Crippen molar-refractivity contribution in [3.05, 3.63) is 0 Å². The second kappa shape index (κ2) is 4.82. The molecule has 0 spiro atoms. The molecule has 0 radical (unpaired) electrons. The molecule has 0 aromatic rings. The van der Waals surface area contributed by atoms with E-state index in [1.165, 1.54) is 6.92 Å². The number of hydrogen-bond acceptors (Lipinski definition) is 3. The van der Waals surface area contributed by atoms with Crippen LogP contribution in [0, 0.1) is 5.92 Å². The lowest BCUT2D eigenvalue weighted by atomic mass is 9.97. The highest BCUT2D eigenvalue weighted by atomic mass is 16.5. The second-order valence-corrected chi connectivity index (χ2v) is 4.54. The molecule has 16 heavy (non-hydrogen) atoms. The maximum atomic E-state index is 11.8.